The number of hydrogen-bond acceptors (Lipinski definition) is 3. The number of fused-ring (bicyclic) bond motifs is 2. The predicted octanol–water partition coefficient (Wildman–Crippen LogP) is 2.39. The molecule has 4 rings (SSSR count). The van der Waals surface area contributed by atoms with Gasteiger partial charge in [-0.2, -0.15) is 5.10 Å². The van der Waals surface area contributed by atoms with Gasteiger partial charge in [-0.15, -0.1) is 0 Å². The summed E-state index contributed by atoms with van der Waals surface area (Å²) in [6.45, 7) is 0.616. The van der Waals surface area contributed by atoms with E-state index in [-0.39, 0.29) is 17.7 Å². The number of anilines is 1. The number of hydrogen-bond donors (Lipinski definition) is 2. The number of allylic oxidation sites excluding steroid dienone is 2. The number of amides is 1. The Morgan fingerprint density at radius 2 is 2.00 bits per heavy atom. The van der Waals surface area contributed by atoms with E-state index in [1.165, 1.54) is 0 Å². The Kier molecular flexibility index (Phi) is 3.87. The molecule has 1 heterocycles. The molecule has 0 radical (unpaired) electrons. The summed E-state index contributed by atoms with van der Waals surface area (Å²) in [6, 6.07) is 9.43. The van der Waals surface area contributed by atoms with E-state index in [0.717, 1.165) is 12.0 Å². The molecule has 2 aliphatic rings. The smallest absolute Gasteiger partial charge is 0.307 e. The first-order valence-corrected chi connectivity index (χ1v) is 8.40. The monoisotopic (exact) mass is 337 g/mol. The van der Waals surface area contributed by atoms with Crippen molar-refractivity contribution in [1.82, 2.24) is 9.78 Å². The minimum absolute atomic E-state index is 0.0237. The average Bonchev–Trinajstić information content (AvgIpc) is 3.31. The van der Waals surface area contributed by atoms with Gasteiger partial charge >= 0.3 is 5.97 Å². The summed E-state index contributed by atoms with van der Waals surface area (Å²) in [5, 5.41) is 16.6. The van der Waals surface area contributed by atoms with Crippen LogP contribution in [0, 0.1) is 23.7 Å². The molecule has 1 fully saturated rings. The molecular formula is C19H19N3O3. The molecule has 0 unspecified atom stereocenters. The Balaban J connectivity index is 1.49. The van der Waals surface area contributed by atoms with Crippen LogP contribution in [0.3, 0.4) is 0 Å². The molecule has 2 aromatic rings. The Hall–Kier alpha value is -2.89. The van der Waals surface area contributed by atoms with Crippen LogP contribution >= 0.6 is 0 Å². The van der Waals surface area contributed by atoms with Crippen molar-refractivity contribution in [2.24, 2.45) is 23.7 Å². The summed E-state index contributed by atoms with van der Waals surface area (Å²) in [4.78, 5) is 24.3. The van der Waals surface area contributed by atoms with Gasteiger partial charge in [-0.1, -0.05) is 24.3 Å². The topological polar surface area (TPSA) is 84.2 Å². The molecule has 0 spiro atoms. The van der Waals surface area contributed by atoms with Gasteiger partial charge in [-0.05, 0) is 42.0 Å². The highest BCUT2D eigenvalue weighted by atomic mass is 16.4. The van der Waals surface area contributed by atoms with Crippen molar-refractivity contribution >= 4 is 17.6 Å². The van der Waals surface area contributed by atoms with E-state index in [1.807, 2.05) is 53.4 Å². The molecule has 2 aliphatic carbocycles. The number of carboxylic acid groups (broad SMARTS) is 1. The number of nitrogens with one attached hydrogen (secondary N) is 1. The maximum atomic E-state index is 12.7. The van der Waals surface area contributed by atoms with Gasteiger partial charge in [0.05, 0.1) is 18.4 Å². The highest BCUT2D eigenvalue weighted by molar-refractivity contribution is 5.96. The number of aliphatic carboxylic acids is 1. The molecule has 2 N–H and O–H groups in total. The molecule has 6 nitrogen and oxygen atoms in total. The lowest BCUT2D eigenvalue weighted by Crippen LogP contribution is -2.36. The van der Waals surface area contributed by atoms with Gasteiger partial charge < -0.3 is 10.4 Å². The van der Waals surface area contributed by atoms with Gasteiger partial charge in [0.15, 0.2) is 0 Å². The first-order valence-electron chi connectivity index (χ1n) is 8.40. The first kappa shape index (κ1) is 15.6. The zero-order chi connectivity index (χ0) is 17.4. The standard InChI is InChI=1S/C19H19N3O3/c23-18(16-13-5-6-14(10-13)17(16)19(24)25)21-15-4-1-3-12(9-15)11-22-8-2-7-20-22/h1-9,13-14,16-17H,10-11H2,(H,21,23)(H,24,25)/t13-,14-,16+,17+/m0/s1. The van der Waals surface area contributed by atoms with Gasteiger partial charge in [0.2, 0.25) is 5.91 Å². The summed E-state index contributed by atoms with van der Waals surface area (Å²) in [5.41, 5.74) is 1.70. The molecule has 0 saturated heterocycles. The van der Waals surface area contributed by atoms with Crippen LogP contribution in [0.5, 0.6) is 0 Å². The Bertz CT molecular complexity index is 828. The normalized spacial score (nSPS) is 26.7. The second-order valence-electron chi connectivity index (χ2n) is 6.73. The minimum Gasteiger partial charge on any atom is -0.481 e. The fraction of sp³-hybridized carbons (Fsp3) is 0.316. The van der Waals surface area contributed by atoms with Crippen LogP contribution in [0.4, 0.5) is 5.69 Å². The zero-order valence-corrected chi connectivity index (χ0v) is 13.6. The third-order valence-corrected chi connectivity index (χ3v) is 5.15. The van der Waals surface area contributed by atoms with Gasteiger partial charge in [-0.25, -0.2) is 0 Å². The highest BCUT2D eigenvalue weighted by Crippen LogP contribution is 2.48. The molecule has 1 amide bonds. The number of carbonyl (C=O) groups excluding carboxylic acids is 1. The van der Waals surface area contributed by atoms with Crippen molar-refractivity contribution in [3.05, 3.63) is 60.4 Å². The van der Waals surface area contributed by atoms with Crippen LogP contribution in [-0.4, -0.2) is 26.8 Å². The van der Waals surface area contributed by atoms with Crippen molar-refractivity contribution in [3.63, 3.8) is 0 Å². The van der Waals surface area contributed by atoms with Crippen LogP contribution in [-0.2, 0) is 16.1 Å². The number of rotatable bonds is 5. The molecule has 6 heteroatoms. The van der Waals surface area contributed by atoms with E-state index >= 15 is 0 Å². The number of nitrogens with zero attached hydrogens (tertiary/aromatic N) is 2. The predicted molar refractivity (Wildman–Crippen MR) is 91.8 cm³/mol. The number of carbonyl (C=O) groups is 2. The van der Waals surface area contributed by atoms with Crippen LogP contribution in [0.2, 0.25) is 0 Å². The summed E-state index contributed by atoms with van der Waals surface area (Å²) >= 11 is 0. The average molecular weight is 337 g/mol. The van der Waals surface area contributed by atoms with Crippen molar-refractivity contribution in [3.8, 4) is 0 Å². The van der Waals surface area contributed by atoms with E-state index in [0.29, 0.717) is 12.2 Å². The van der Waals surface area contributed by atoms with Crippen LogP contribution in [0.15, 0.2) is 54.9 Å². The quantitative estimate of drug-likeness (QED) is 0.821. The lowest BCUT2D eigenvalue weighted by atomic mass is 9.82. The van der Waals surface area contributed by atoms with Crippen molar-refractivity contribution in [2.45, 2.75) is 13.0 Å². The van der Waals surface area contributed by atoms with E-state index in [9.17, 15) is 14.7 Å². The zero-order valence-electron chi connectivity index (χ0n) is 13.6. The largest absolute Gasteiger partial charge is 0.481 e. The fourth-order valence-corrected chi connectivity index (χ4v) is 4.07. The van der Waals surface area contributed by atoms with Crippen molar-refractivity contribution in [2.75, 3.05) is 5.32 Å². The lowest BCUT2D eigenvalue weighted by Gasteiger charge is -2.24. The van der Waals surface area contributed by atoms with Crippen molar-refractivity contribution in [1.29, 1.82) is 0 Å². The molecule has 1 saturated carbocycles. The van der Waals surface area contributed by atoms with Crippen molar-refractivity contribution < 1.29 is 14.7 Å². The summed E-state index contributed by atoms with van der Waals surface area (Å²) in [6.07, 6.45) is 8.29. The van der Waals surface area contributed by atoms with Crippen LogP contribution in [0.1, 0.15) is 12.0 Å². The first-order chi connectivity index (χ1) is 12.1. The van der Waals surface area contributed by atoms with Gasteiger partial charge in [0.1, 0.15) is 0 Å². The summed E-state index contributed by atoms with van der Waals surface area (Å²) in [7, 11) is 0. The van der Waals surface area contributed by atoms with E-state index in [1.54, 1.807) is 6.20 Å². The second-order valence-corrected chi connectivity index (χ2v) is 6.73. The number of benzene rings is 1. The van der Waals surface area contributed by atoms with Crippen LogP contribution < -0.4 is 5.32 Å². The molecule has 2 bridgehead atoms. The third-order valence-electron chi connectivity index (χ3n) is 5.15. The van der Waals surface area contributed by atoms with Gasteiger partial charge in [0, 0.05) is 18.1 Å². The van der Waals surface area contributed by atoms with E-state index in [4.69, 9.17) is 0 Å². The second kappa shape index (κ2) is 6.20. The number of carboxylic acids is 1. The van der Waals surface area contributed by atoms with Gasteiger partial charge in [-0.3, -0.25) is 14.3 Å². The molecule has 1 aromatic carbocycles. The maximum absolute atomic E-state index is 12.7. The molecular weight excluding hydrogens is 318 g/mol. The van der Waals surface area contributed by atoms with E-state index in [2.05, 4.69) is 10.4 Å². The molecule has 4 atom stereocenters. The molecule has 0 aliphatic heterocycles. The van der Waals surface area contributed by atoms with Gasteiger partial charge in [0.25, 0.3) is 0 Å². The molecule has 1 aromatic heterocycles. The minimum atomic E-state index is -0.885. The third kappa shape index (κ3) is 2.95. The lowest BCUT2D eigenvalue weighted by molar-refractivity contribution is -0.146. The SMILES string of the molecule is O=C(O)[C@H]1[C@H](C(=O)Nc2cccc(Cn3cccn3)c2)[C@H]2C=C[C@H]1C2. The summed E-state index contributed by atoms with van der Waals surface area (Å²) in [5.74, 6) is -2.21. The van der Waals surface area contributed by atoms with E-state index < -0.39 is 17.8 Å². The Morgan fingerprint density at radius 1 is 1.20 bits per heavy atom. The Labute approximate surface area is 145 Å². The molecule has 25 heavy (non-hydrogen) atoms. The molecule has 128 valence electrons. The number of aromatic nitrogens is 2. The highest BCUT2D eigenvalue weighted by Gasteiger charge is 2.51. The maximum Gasteiger partial charge on any atom is 0.307 e. The summed E-state index contributed by atoms with van der Waals surface area (Å²) < 4.78 is 1.81. The van der Waals surface area contributed by atoms with Crippen LogP contribution in [0.25, 0.3) is 0 Å². The fourth-order valence-electron chi connectivity index (χ4n) is 4.07. The Morgan fingerprint density at radius 3 is 2.72 bits per heavy atom.